The lowest BCUT2D eigenvalue weighted by molar-refractivity contribution is -0.129. The van der Waals surface area contributed by atoms with E-state index in [2.05, 4.69) is 10.2 Å². The van der Waals surface area contributed by atoms with Gasteiger partial charge in [-0.05, 0) is 25.7 Å². The van der Waals surface area contributed by atoms with Crippen LogP contribution in [0.2, 0.25) is 0 Å². The number of aromatic nitrogens is 2. The molecule has 2 saturated carbocycles. The number of nitrogens with zero attached hydrogens (tertiary/aromatic N) is 3. The Morgan fingerprint density at radius 1 is 1.17 bits per heavy atom. The van der Waals surface area contributed by atoms with E-state index in [0.29, 0.717) is 29.3 Å². The molecule has 1 heterocycles. The predicted octanol–water partition coefficient (Wildman–Crippen LogP) is 3.95. The zero-order valence-electron chi connectivity index (χ0n) is 14.2. The molecular formula is C17H26FN3O2S. The number of rotatable bonds is 5. The van der Waals surface area contributed by atoms with Crippen LogP contribution in [0, 0.1) is 0 Å². The van der Waals surface area contributed by atoms with Crippen LogP contribution in [0.5, 0.6) is 0 Å². The van der Waals surface area contributed by atoms with Gasteiger partial charge in [0.05, 0.1) is 11.7 Å². The van der Waals surface area contributed by atoms with Gasteiger partial charge in [-0.25, -0.2) is 4.39 Å². The molecule has 2 aliphatic carbocycles. The Kier molecular flexibility index (Phi) is 6.14. The second kappa shape index (κ2) is 8.32. The Balaban J connectivity index is 1.50. The van der Waals surface area contributed by atoms with Gasteiger partial charge in [-0.15, -0.1) is 10.2 Å². The molecule has 0 aromatic carbocycles. The standard InChI is InChI=1S/C17H26FN3O2S/c1-21(12-7-3-2-4-8-12)15(22)11-24-17-20-19-16(23-17)13-9-5-6-10-14(13)18/h12-14H,2-11H2,1H3. The van der Waals surface area contributed by atoms with E-state index in [1.54, 1.807) is 0 Å². The number of alkyl halides is 1. The van der Waals surface area contributed by atoms with Crippen molar-refractivity contribution in [2.45, 2.75) is 81.1 Å². The maximum Gasteiger partial charge on any atom is 0.277 e. The predicted molar refractivity (Wildman–Crippen MR) is 90.8 cm³/mol. The zero-order valence-corrected chi connectivity index (χ0v) is 15.1. The molecule has 2 unspecified atom stereocenters. The summed E-state index contributed by atoms with van der Waals surface area (Å²) in [5.41, 5.74) is 0. The maximum atomic E-state index is 14.0. The molecule has 0 radical (unpaired) electrons. The highest BCUT2D eigenvalue weighted by Crippen LogP contribution is 2.35. The van der Waals surface area contributed by atoms with Gasteiger partial charge in [-0.2, -0.15) is 0 Å². The summed E-state index contributed by atoms with van der Waals surface area (Å²) in [5, 5.41) is 8.35. The molecule has 5 nitrogen and oxygen atoms in total. The van der Waals surface area contributed by atoms with Crippen molar-refractivity contribution in [3.8, 4) is 0 Å². The summed E-state index contributed by atoms with van der Waals surface area (Å²) in [6, 6.07) is 0.361. The van der Waals surface area contributed by atoms with Crippen LogP contribution in [0.1, 0.15) is 69.6 Å². The fraction of sp³-hybridized carbons (Fsp3) is 0.824. The van der Waals surface area contributed by atoms with Crippen LogP contribution < -0.4 is 0 Å². The minimum Gasteiger partial charge on any atom is -0.416 e. The zero-order chi connectivity index (χ0) is 16.9. The second-order valence-corrected chi connectivity index (χ2v) is 7.82. The number of hydrogen-bond acceptors (Lipinski definition) is 5. The monoisotopic (exact) mass is 355 g/mol. The van der Waals surface area contributed by atoms with E-state index < -0.39 is 6.17 Å². The first-order valence-electron chi connectivity index (χ1n) is 9.01. The normalized spacial score (nSPS) is 25.6. The van der Waals surface area contributed by atoms with Gasteiger partial charge >= 0.3 is 0 Å². The van der Waals surface area contributed by atoms with Crippen molar-refractivity contribution < 1.29 is 13.6 Å². The van der Waals surface area contributed by atoms with Crippen molar-refractivity contribution in [1.82, 2.24) is 15.1 Å². The summed E-state index contributed by atoms with van der Waals surface area (Å²) in [5.74, 6) is 0.491. The van der Waals surface area contributed by atoms with Crippen LogP contribution in [-0.2, 0) is 4.79 Å². The molecule has 1 aromatic heterocycles. The van der Waals surface area contributed by atoms with Gasteiger partial charge in [0.25, 0.3) is 5.22 Å². The van der Waals surface area contributed by atoms with Crippen LogP contribution in [0.25, 0.3) is 0 Å². The molecule has 2 aliphatic rings. The highest BCUT2D eigenvalue weighted by atomic mass is 32.2. The molecule has 7 heteroatoms. The van der Waals surface area contributed by atoms with Gasteiger partial charge in [-0.3, -0.25) is 4.79 Å². The lowest BCUT2D eigenvalue weighted by atomic mass is 9.87. The number of carbonyl (C=O) groups excluding carboxylic acids is 1. The van der Waals surface area contributed by atoms with E-state index in [1.807, 2.05) is 11.9 Å². The second-order valence-electron chi connectivity index (χ2n) is 6.90. The SMILES string of the molecule is CN(C(=O)CSc1nnc(C2CCCCC2F)o1)C1CCCCC1. The first kappa shape index (κ1) is 17.7. The number of carbonyl (C=O) groups is 1. The minimum absolute atomic E-state index is 0.0904. The lowest BCUT2D eigenvalue weighted by Gasteiger charge is -2.31. The summed E-state index contributed by atoms with van der Waals surface area (Å²) in [4.78, 5) is 14.2. The molecular weight excluding hydrogens is 329 g/mol. The third-order valence-electron chi connectivity index (χ3n) is 5.26. The van der Waals surface area contributed by atoms with Gasteiger partial charge in [0.1, 0.15) is 6.17 Å². The third-order valence-corrected chi connectivity index (χ3v) is 6.06. The molecule has 2 fully saturated rings. The van der Waals surface area contributed by atoms with E-state index >= 15 is 0 Å². The molecule has 2 atom stereocenters. The molecule has 0 aliphatic heterocycles. The minimum atomic E-state index is -0.892. The number of hydrogen-bond donors (Lipinski definition) is 0. The molecule has 1 aromatic rings. The van der Waals surface area contributed by atoms with Gasteiger partial charge in [0.2, 0.25) is 11.8 Å². The molecule has 0 N–H and O–H groups in total. The highest BCUT2D eigenvalue weighted by Gasteiger charge is 2.31. The van der Waals surface area contributed by atoms with E-state index in [9.17, 15) is 9.18 Å². The molecule has 3 rings (SSSR count). The smallest absolute Gasteiger partial charge is 0.277 e. The van der Waals surface area contributed by atoms with Gasteiger partial charge < -0.3 is 9.32 Å². The first-order chi connectivity index (χ1) is 11.6. The summed E-state index contributed by atoms with van der Waals surface area (Å²) in [6.45, 7) is 0. The number of thioether (sulfide) groups is 1. The Bertz CT molecular complexity index is 548. The maximum absolute atomic E-state index is 14.0. The summed E-state index contributed by atoms with van der Waals surface area (Å²) < 4.78 is 19.6. The average molecular weight is 355 g/mol. The van der Waals surface area contributed by atoms with Gasteiger partial charge in [0.15, 0.2) is 0 Å². The fourth-order valence-corrected chi connectivity index (χ4v) is 4.38. The Hall–Kier alpha value is -1.11. The Morgan fingerprint density at radius 3 is 2.62 bits per heavy atom. The van der Waals surface area contributed by atoms with Crippen molar-refractivity contribution in [1.29, 1.82) is 0 Å². The lowest BCUT2D eigenvalue weighted by Crippen LogP contribution is -2.39. The number of halogens is 1. The fourth-order valence-electron chi connectivity index (χ4n) is 3.69. The van der Waals surface area contributed by atoms with Crippen molar-refractivity contribution in [2.75, 3.05) is 12.8 Å². The molecule has 0 bridgehead atoms. The molecule has 1 amide bonds. The molecule has 134 valence electrons. The van der Waals surface area contributed by atoms with Gasteiger partial charge in [-0.1, -0.05) is 43.9 Å². The van der Waals surface area contributed by atoms with E-state index in [1.165, 1.54) is 31.0 Å². The van der Waals surface area contributed by atoms with Crippen molar-refractivity contribution in [3.63, 3.8) is 0 Å². The third kappa shape index (κ3) is 4.29. The Morgan fingerprint density at radius 2 is 1.88 bits per heavy atom. The van der Waals surface area contributed by atoms with E-state index in [-0.39, 0.29) is 11.8 Å². The summed E-state index contributed by atoms with van der Waals surface area (Å²) in [7, 11) is 1.88. The highest BCUT2D eigenvalue weighted by molar-refractivity contribution is 7.99. The Labute approximate surface area is 146 Å². The van der Waals surface area contributed by atoms with Gasteiger partial charge in [0, 0.05) is 13.1 Å². The van der Waals surface area contributed by atoms with Crippen molar-refractivity contribution in [2.24, 2.45) is 0 Å². The molecule has 24 heavy (non-hydrogen) atoms. The quantitative estimate of drug-likeness (QED) is 0.749. The topological polar surface area (TPSA) is 59.2 Å². The first-order valence-corrected chi connectivity index (χ1v) is 9.99. The van der Waals surface area contributed by atoms with Crippen LogP contribution in [0.15, 0.2) is 9.64 Å². The van der Waals surface area contributed by atoms with Crippen molar-refractivity contribution >= 4 is 17.7 Å². The van der Waals surface area contributed by atoms with E-state index in [4.69, 9.17) is 4.42 Å². The summed E-state index contributed by atoms with van der Waals surface area (Å²) >= 11 is 1.25. The number of amides is 1. The summed E-state index contributed by atoms with van der Waals surface area (Å²) in [6.07, 6.45) is 8.23. The molecule has 0 spiro atoms. The van der Waals surface area contributed by atoms with Crippen LogP contribution >= 0.6 is 11.8 Å². The van der Waals surface area contributed by atoms with Crippen LogP contribution in [0.3, 0.4) is 0 Å². The van der Waals surface area contributed by atoms with E-state index in [0.717, 1.165) is 32.1 Å². The average Bonchev–Trinajstić information content (AvgIpc) is 3.09. The van der Waals surface area contributed by atoms with Crippen LogP contribution in [0.4, 0.5) is 4.39 Å². The largest absolute Gasteiger partial charge is 0.416 e. The van der Waals surface area contributed by atoms with Crippen molar-refractivity contribution in [3.05, 3.63) is 5.89 Å². The molecule has 0 saturated heterocycles. The van der Waals surface area contributed by atoms with Crippen LogP contribution in [-0.4, -0.2) is 46.0 Å².